The fourth-order valence-electron chi connectivity index (χ4n) is 2.47. The van der Waals surface area contributed by atoms with Crippen LogP contribution in [0.5, 0.6) is 0 Å². The number of aromatic nitrogens is 1. The molecule has 5 heteroatoms. The molecule has 0 saturated carbocycles. The van der Waals surface area contributed by atoms with Gasteiger partial charge in [0.1, 0.15) is 5.82 Å². The van der Waals surface area contributed by atoms with Gasteiger partial charge in [0.15, 0.2) is 0 Å². The highest BCUT2D eigenvalue weighted by Gasteiger charge is 2.26. The first-order valence-corrected chi connectivity index (χ1v) is 7.16. The van der Waals surface area contributed by atoms with Crippen LogP contribution in [-0.4, -0.2) is 17.4 Å². The summed E-state index contributed by atoms with van der Waals surface area (Å²) in [6.45, 7) is 0.601. The number of amides is 1. The second-order valence-corrected chi connectivity index (χ2v) is 5.60. The van der Waals surface area contributed by atoms with Gasteiger partial charge in [0.2, 0.25) is 0 Å². The van der Waals surface area contributed by atoms with Crippen molar-refractivity contribution in [2.45, 2.75) is 12.8 Å². The number of pyridine rings is 1. The van der Waals surface area contributed by atoms with Gasteiger partial charge in [0.05, 0.1) is 5.69 Å². The van der Waals surface area contributed by atoms with E-state index in [2.05, 4.69) is 20.9 Å². The molecule has 0 spiro atoms. The highest BCUT2D eigenvalue weighted by molar-refractivity contribution is 9.10. The number of halogens is 2. The van der Waals surface area contributed by atoms with Crippen LogP contribution in [0.3, 0.4) is 0 Å². The lowest BCUT2D eigenvalue weighted by Gasteiger charge is -2.30. The molecule has 1 aliphatic heterocycles. The predicted octanol–water partition coefficient (Wildman–Crippen LogP) is 3.58. The Morgan fingerprint density at radius 2 is 2.05 bits per heavy atom. The number of hydrogen-bond donors (Lipinski definition) is 0. The highest BCUT2D eigenvalue weighted by Crippen LogP contribution is 2.33. The fraction of sp³-hybridized carbons (Fsp3) is 0.200. The lowest BCUT2D eigenvalue weighted by atomic mass is 10.0. The summed E-state index contributed by atoms with van der Waals surface area (Å²) in [7, 11) is 0. The molecule has 1 aliphatic rings. The third kappa shape index (κ3) is 2.33. The van der Waals surface area contributed by atoms with Crippen molar-refractivity contribution in [3.05, 3.63) is 58.1 Å². The summed E-state index contributed by atoms with van der Waals surface area (Å²) < 4.78 is 14.6. The van der Waals surface area contributed by atoms with Crippen LogP contribution in [0, 0.1) is 5.82 Å². The number of carbonyl (C=O) groups is 1. The summed E-state index contributed by atoms with van der Waals surface area (Å²) in [5.74, 6) is -0.382. The van der Waals surface area contributed by atoms with E-state index in [1.54, 1.807) is 35.5 Å². The summed E-state index contributed by atoms with van der Waals surface area (Å²) in [5.41, 5.74) is 1.83. The number of rotatable bonds is 1. The number of fused-ring (bicyclic) bond motifs is 1. The van der Waals surface area contributed by atoms with Crippen LogP contribution in [-0.2, 0) is 6.42 Å². The molecule has 0 aliphatic carbocycles. The molecule has 2 heterocycles. The van der Waals surface area contributed by atoms with Gasteiger partial charge in [0, 0.05) is 34.5 Å². The molecule has 1 aromatic heterocycles. The van der Waals surface area contributed by atoms with Crippen LogP contribution in [0.25, 0.3) is 0 Å². The van der Waals surface area contributed by atoms with E-state index in [4.69, 9.17) is 0 Å². The molecule has 1 amide bonds. The lowest BCUT2D eigenvalue weighted by molar-refractivity contribution is 0.0985. The number of benzene rings is 1. The Morgan fingerprint density at radius 1 is 1.30 bits per heavy atom. The zero-order valence-electron chi connectivity index (χ0n) is 10.6. The van der Waals surface area contributed by atoms with Crippen LogP contribution in [0.4, 0.5) is 10.1 Å². The number of hydrogen-bond acceptors (Lipinski definition) is 2. The monoisotopic (exact) mass is 334 g/mol. The maximum Gasteiger partial charge on any atom is 0.258 e. The Morgan fingerprint density at radius 3 is 2.80 bits per heavy atom. The first-order chi connectivity index (χ1) is 9.66. The van der Waals surface area contributed by atoms with Crippen LogP contribution >= 0.6 is 15.9 Å². The largest absolute Gasteiger partial charge is 0.308 e. The van der Waals surface area contributed by atoms with E-state index in [1.165, 1.54) is 6.07 Å². The quantitative estimate of drug-likeness (QED) is 0.798. The normalized spacial score (nSPS) is 14.0. The van der Waals surface area contributed by atoms with Crippen LogP contribution in [0.2, 0.25) is 0 Å². The molecule has 102 valence electrons. The van der Waals surface area contributed by atoms with E-state index in [9.17, 15) is 9.18 Å². The SMILES string of the molecule is O=C(c1ccncc1)N1CCCc2c(F)cc(Br)cc21. The minimum Gasteiger partial charge on any atom is -0.308 e. The summed E-state index contributed by atoms with van der Waals surface area (Å²) in [4.78, 5) is 18.1. The van der Waals surface area contributed by atoms with E-state index in [0.29, 0.717) is 34.3 Å². The first-order valence-electron chi connectivity index (χ1n) is 6.36. The van der Waals surface area contributed by atoms with Crippen molar-refractivity contribution in [3.63, 3.8) is 0 Å². The first kappa shape index (κ1) is 13.2. The lowest BCUT2D eigenvalue weighted by Crippen LogP contribution is -2.35. The van der Waals surface area contributed by atoms with Gasteiger partial charge < -0.3 is 4.90 Å². The van der Waals surface area contributed by atoms with Crippen molar-refractivity contribution in [3.8, 4) is 0 Å². The third-order valence-corrected chi connectivity index (χ3v) is 3.87. The minimum atomic E-state index is -0.262. The van der Waals surface area contributed by atoms with Crippen molar-refractivity contribution >= 4 is 27.5 Å². The molecule has 0 N–H and O–H groups in total. The summed E-state index contributed by atoms with van der Waals surface area (Å²) >= 11 is 3.29. The Kier molecular flexibility index (Phi) is 3.53. The van der Waals surface area contributed by atoms with Gasteiger partial charge in [-0.05, 0) is 37.1 Å². The van der Waals surface area contributed by atoms with E-state index >= 15 is 0 Å². The standard InChI is InChI=1S/C15H12BrFN2O/c16-11-8-13(17)12-2-1-7-19(14(12)9-11)15(20)10-3-5-18-6-4-10/h3-6,8-9H,1-2,7H2. The van der Waals surface area contributed by atoms with Gasteiger partial charge >= 0.3 is 0 Å². The van der Waals surface area contributed by atoms with Gasteiger partial charge in [0.25, 0.3) is 5.91 Å². The average Bonchev–Trinajstić information content (AvgIpc) is 2.47. The number of carbonyl (C=O) groups excluding carboxylic acids is 1. The molecule has 3 rings (SSSR count). The molecule has 0 atom stereocenters. The summed E-state index contributed by atoms with van der Waals surface area (Å²) in [5, 5.41) is 0. The molecular weight excluding hydrogens is 323 g/mol. The van der Waals surface area contributed by atoms with Gasteiger partial charge in [-0.1, -0.05) is 15.9 Å². The molecule has 3 nitrogen and oxygen atoms in total. The third-order valence-electron chi connectivity index (χ3n) is 3.41. The molecule has 20 heavy (non-hydrogen) atoms. The van der Waals surface area contributed by atoms with Crippen molar-refractivity contribution in [1.29, 1.82) is 0 Å². The molecule has 0 unspecified atom stereocenters. The Labute approximate surface area is 124 Å². The second-order valence-electron chi connectivity index (χ2n) is 4.68. The van der Waals surface area contributed by atoms with E-state index in [1.807, 2.05) is 0 Å². The average molecular weight is 335 g/mol. The topological polar surface area (TPSA) is 33.2 Å². The van der Waals surface area contributed by atoms with Gasteiger partial charge in [-0.2, -0.15) is 0 Å². The number of nitrogens with zero attached hydrogens (tertiary/aromatic N) is 2. The van der Waals surface area contributed by atoms with Crippen LogP contribution in [0.1, 0.15) is 22.3 Å². The van der Waals surface area contributed by atoms with E-state index in [-0.39, 0.29) is 11.7 Å². The van der Waals surface area contributed by atoms with Gasteiger partial charge in [-0.3, -0.25) is 9.78 Å². The predicted molar refractivity (Wildman–Crippen MR) is 78.3 cm³/mol. The van der Waals surface area contributed by atoms with Crippen molar-refractivity contribution in [2.24, 2.45) is 0 Å². The highest BCUT2D eigenvalue weighted by atomic mass is 79.9. The summed E-state index contributed by atoms with van der Waals surface area (Å²) in [6, 6.07) is 6.59. The molecule has 0 radical (unpaired) electrons. The zero-order chi connectivity index (χ0) is 14.1. The van der Waals surface area contributed by atoms with Crippen molar-refractivity contribution in [2.75, 3.05) is 11.4 Å². The number of anilines is 1. The smallest absolute Gasteiger partial charge is 0.258 e. The van der Waals surface area contributed by atoms with E-state index in [0.717, 1.165) is 6.42 Å². The van der Waals surface area contributed by atoms with Crippen molar-refractivity contribution < 1.29 is 9.18 Å². The zero-order valence-corrected chi connectivity index (χ0v) is 12.2. The molecule has 0 saturated heterocycles. The van der Waals surface area contributed by atoms with Crippen LogP contribution in [0.15, 0.2) is 41.1 Å². The fourth-order valence-corrected chi connectivity index (χ4v) is 2.89. The maximum atomic E-state index is 14.0. The summed E-state index contributed by atoms with van der Waals surface area (Å²) in [6.07, 6.45) is 4.59. The second kappa shape index (κ2) is 5.32. The Balaban J connectivity index is 2.04. The maximum absolute atomic E-state index is 14.0. The molecule has 1 aromatic carbocycles. The Hall–Kier alpha value is -1.75. The molecule has 0 fully saturated rings. The van der Waals surface area contributed by atoms with Crippen molar-refractivity contribution in [1.82, 2.24) is 4.98 Å². The molecule has 0 bridgehead atoms. The van der Waals surface area contributed by atoms with Gasteiger partial charge in [-0.15, -0.1) is 0 Å². The minimum absolute atomic E-state index is 0.120. The molecular formula is C15H12BrFN2O. The Bertz CT molecular complexity index is 660. The van der Waals surface area contributed by atoms with E-state index < -0.39 is 0 Å². The van der Waals surface area contributed by atoms with Gasteiger partial charge in [-0.25, -0.2) is 4.39 Å². The molecule has 2 aromatic rings. The van der Waals surface area contributed by atoms with Crippen LogP contribution < -0.4 is 4.90 Å².